The average Bonchev–Trinajstić information content (AvgIpc) is 2.73. The molecule has 20 heavy (non-hydrogen) atoms. The highest BCUT2D eigenvalue weighted by molar-refractivity contribution is 6.03. The van der Waals surface area contributed by atoms with E-state index in [1.807, 2.05) is 30.3 Å². The van der Waals surface area contributed by atoms with Crippen LogP contribution in [0.3, 0.4) is 0 Å². The number of amides is 1. The van der Waals surface area contributed by atoms with Crippen LogP contribution in [0.15, 0.2) is 54.6 Å². The van der Waals surface area contributed by atoms with Crippen molar-refractivity contribution in [2.24, 2.45) is 0 Å². The Kier molecular flexibility index (Phi) is 2.95. The number of nitrogens with zero attached hydrogens (tertiary/aromatic N) is 2. The number of nitro groups is 1. The van der Waals surface area contributed by atoms with Crippen LogP contribution in [0, 0.1) is 10.1 Å². The van der Waals surface area contributed by atoms with Crippen molar-refractivity contribution in [3.05, 3.63) is 75.8 Å². The number of rotatable bonds is 3. The molecule has 0 radical (unpaired) electrons. The molecule has 1 heterocycles. The summed E-state index contributed by atoms with van der Waals surface area (Å²) in [7, 11) is 0. The monoisotopic (exact) mass is 268 g/mol. The third kappa shape index (κ3) is 1.93. The number of hydrogen-bond acceptors (Lipinski definition) is 3. The maximum absolute atomic E-state index is 12.3. The van der Waals surface area contributed by atoms with Crippen molar-refractivity contribution in [3.8, 4) is 0 Å². The first-order chi connectivity index (χ1) is 9.68. The summed E-state index contributed by atoms with van der Waals surface area (Å²) >= 11 is 0. The molecule has 0 spiro atoms. The molecule has 0 saturated heterocycles. The molecule has 100 valence electrons. The van der Waals surface area contributed by atoms with Gasteiger partial charge in [0.1, 0.15) is 0 Å². The highest BCUT2D eigenvalue weighted by Crippen LogP contribution is 2.38. The highest BCUT2D eigenvalue weighted by atomic mass is 16.6. The molecule has 3 rings (SSSR count). The second-order valence-electron chi connectivity index (χ2n) is 4.66. The number of carbonyl (C=O) groups excluding carboxylic acids is 1. The standard InChI is InChI=1S/C15H12N2O3/c18-15-14(17(19)20)12-8-4-5-9-13(12)16(15)10-11-6-2-1-3-7-11/h1-9,14H,10H2/t14-/m1/s1. The summed E-state index contributed by atoms with van der Waals surface area (Å²) in [5.41, 5.74) is 2.04. The Morgan fingerprint density at radius 2 is 1.70 bits per heavy atom. The third-order valence-corrected chi connectivity index (χ3v) is 3.42. The number of para-hydroxylation sites is 1. The lowest BCUT2D eigenvalue weighted by atomic mass is 10.1. The zero-order valence-electron chi connectivity index (χ0n) is 10.6. The summed E-state index contributed by atoms with van der Waals surface area (Å²) in [6, 6.07) is 15.1. The van der Waals surface area contributed by atoms with Crippen molar-refractivity contribution < 1.29 is 9.72 Å². The molecule has 0 N–H and O–H groups in total. The Hall–Kier alpha value is -2.69. The van der Waals surface area contributed by atoms with E-state index in [4.69, 9.17) is 0 Å². The van der Waals surface area contributed by atoms with Crippen LogP contribution in [-0.2, 0) is 11.3 Å². The van der Waals surface area contributed by atoms with Gasteiger partial charge in [-0.05, 0) is 17.7 Å². The van der Waals surface area contributed by atoms with E-state index in [1.54, 1.807) is 24.3 Å². The van der Waals surface area contributed by atoms with Gasteiger partial charge in [0.15, 0.2) is 0 Å². The maximum atomic E-state index is 12.3. The molecule has 0 bridgehead atoms. The molecule has 0 fully saturated rings. The van der Waals surface area contributed by atoms with Gasteiger partial charge in [-0.1, -0.05) is 42.5 Å². The summed E-state index contributed by atoms with van der Waals surface area (Å²) in [5, 5.41) is 11.1. The van der Waals surface area contributed by atoms with Gasteiger partial charge < -0.3 is 4.90 Å². The lowest BCUT2D eigenvalue weighted by Crippen LogP contribution is -2.30. The zero-order chi connectivity index (χ0) is 14.1. The quantitative estimate of drug-likeness (QED) is 0.634. The van der Waals surface area contributed by atoms with Gasteiger partial charge in [-0.25, -0.2) is 0 Å². The van der Waals surface area contributed by atoms with Crippen LogP contribution in [0.1, 0.15) is 17.2 Å². The molecule has 1 amide bonds. The highest BCUT2D eigenvalue weighted by Gasteiger charge is 2.45. The molecule has 0 unspecified atom stereocenters. The molecule has 0 aliphatic carbocycles. The number of carbonyl (C=O) groups is 1. The van der Waals surface area contributed by atoms with Crippen molar-refractivity contribution in [3.63, 3.8) is 0 Å². The normalized spacial score (nSPS) is 17.1. The van der Waals surface area contributed by atoms with Crippen LogP contribution in [0.2, 0.25) is 0 Å². The van der Waals surface area contributed by atoms with Crippen molar-refractivity contribution in [1.29, 1.82) is 0 Å². The fourth-order valence-corrected chi connectivity index (χ4v) is 2.50. The molecule has 5 nitrogen and oxygen atoms in total. The predicted octanol–water partition coefficient (Wildman–Crippen LogP) is 2.55. The minimum absolute atomic E-state index is 0.348. The van der Waals surface area contributed by atoms with E-state index in [-0.39, 0.29) is 0 Å². The topological polar surface area (TPSA) is 63.4 Å². The van der Waals surface area contributed by atoms with E-state index >= 15 is 0 Å². The van der Waals surface area contributed by atoms with Gasteiger partial charge in [-0.15, -0.1) is 0 Å². The van der Waals surface area contributed by atoms with Crippen LogP contribution in [0.4, 0.5) is 5.69 Å². The molecule has 1 atom stereocenters. The van der Waals surface area contributed by atoms with Crippen LogP contribution >= 0.6 is 0 Å². The Labute approximate surface area is 115 Å². The molecular weight excluding hydrogens is 256 g/mol. The minimum Gasteiger partial charge on any atom is -0.301 e. The van der Waals surface area contributed by atoms with Crippen molar-refractivity contribution in [2.75, 3.05) is 4.90 Å². The number of hydrogen-bond donors (Lipinski definition) is 0. The summed E-state index contributed by atoms with van der Waals surface area (Å²) < 4.78 is 0. The lowest BCUT2D eigenvalue weighted by molar-refractivity contribution is -0.512. The molecule has 1 aliphatic rings. The van der Waals surface area contributed by atoms with E-state index in [9.17, 15) is 14.9 Å². The largest absolute Gasteiger partial charge is 0.317 e. The van der Waals surface area contributed by atoms with Crippen LogP contribution in [0.25, 0.3) is 0 Å². The second kappa shape index (κ2) is 4.77. The molecule has 1 aliphatic heterocycles. The fraction of sp³-hybridized carbons (Fsp3) is 0.133. The SMILES string of the molecule is O=C1[C@H]([N+](=O)[O-])c2ccccc2N1Cc1ccccc1. The van der Waals surface area contributed by atoms with Crippen molar-refractivity contribution in [2.45, 2.75) is 12.6 Å². The Balaban J connectivity index is 2.00. The number of fused-ring (bicyclic) bond motifs is 1. The summed E-state index contributed by atoms with van der Waals surface area (Å²) in [4.78, 5) is 24.4. The van der Waals surface area contributed by atoms with Gasteiger partial charge in [0.05, 0.1) is 17.8 Å². The van der Waals surface area contributed by atoms with E-state index < -0.39 is 16.9 Å². The fourth-order valence-electron chi connectivity index (χ4n) is 2.50. The van der Waals surface area contributed by atoms with Gasteiger partial charge >= 0.3 is 11.9 Å². The number of benzene rings is 2. The number of anilines is 1. The molecule has 0 aromatic heterocycles. The van der Waals surface area contributed by atoms with Crippen LogP contribution < -0.4 is 4.90 Å². The molecule has 2 aromatic carbocycles. The maximum Gasteiger partial charge on any atom is 0.317 e. The second-order valence-corrected chi connectivity index (χ2v) is 4.66. The van der Waals surface area contributed by atoms with Gasteiger partial charge in [0.2, 0.25) is 0 Å². The minimum atomic E-state index is -1.28. The average molecular weight is 268 g/mol. The zero-order valence-corrected chi connectivity index (χ0v) is 10.6. The first-order valence-electron chi connectivity index (χ1n) is 6.26. The Morgan fingerprint density at radius 1 is 1.05 bits per heavy atom. The van der Waals surface area contributed by atoms with Gasteiger partial charge in [-0.3, -0.25) is 14.9 Å². The third-order valence-electron chi connectivity index (χ3n) is 3.42. The summed E-state index contributed by atoms with van der Waals surface area (Å²) in [6.07, 6.45) is 0. The molecule has 0 saturated carbocycles. The van der Waals surface area contributed by atoms with E-state index in [0.29, 0.717) is 17.8 Å². The first kappa shape index (κ1) is 12.3. The molecule has 5 heteroatoms. The van der Waals surface area contributed by atoms with Crippen LogP contribution in [0.5, 0.6) is 0 Å². The Morgan fingerprint density at radius 3 is 2.40 bits per heavy atom. The van der Waals surface area contributed by atoms with E-state index in [1.165, 1.54) is 4.90 Å². The van der Waals surface area contributed by atoms with Crippen molar-refractivity contribution in [1.82, 2.24) is 0 Å². The van der Waals surface area contributed by atoms with E-state index in [2.05, 4.69) is 0 Å². The molecular formula is C15H12N2O3. The van der Waals surface area contributed by atoms with E-state index in [0.717, 1.165) is 5.56 Å². The molecule has 2 aromatic rings. The van der Waals surface area contributed by atoms with Gasteiger partial charge in [0.25, 0.3) is 0 Å². The van der Waals surface area contributed by atoms with Crippen molar-refractivity contribution >= 4 is 11.6 Å². The Bertz CT molecular complexity index is 670. The first-order valence-corrected chi connectivity index (χ1v) is 6.26. The summed E-state index contributed by atoms with van der Waals surface area (Å²) in [5.74, 6) is -0.472. The van der Waals surface area contributed by atoms with Gasteiger partial charge in [-0.2, -0.15) is 0 Å². The van der Waals surface area contributed by atoms with Crippen LogP contribution in [-0.4, -0.2) is 10.8 Å². The lowest BCUT2D eigenvalue weighted by Gasteiger charge is -2.16. The smallest absolute Gasteiger partial charge is 0.301 e. The van der Waals surface area contributed by atoms with Gasteiger partial charge in [0, 0.05) is 4.92 Å². The summed E-state index contributed by atoms with van der Waals surface area (Å²) in [6.45, 7) is 0.348. The predicted molar refractivity (Wildman–Crippen MR) is 73.8 cm³/mol.